The Morgan fingerprint density at radius 1 is 1.30 bits per heavy atom. The fourth-order valence-corrected chi connectivity index (χ4v) is 3.18. The molecule has 108 valence electrons. The van der Waals surface area contributed by atoms with Gasteiger partial charge in [0.05, 0.1) is 22.3 Å². The maximum Gasteiger partial charge on any atom is 0.179 e. The molecule has 2 rings (SSSR count). The van der Waals surface area contributed by atoms with Crippen LogP contribution in [-0.4, -0.2) is 39.0 Å². The molecule has 0 aliphatic heterocycles. The number of nitrogens with zero attached hydrogens (tertiary/aromatic N) is 1. The number of sulfone groups is 1. The highest BCUT2D eigenvalue weighted by Crippen LogP contribution is 2.44. The Hall–Kier alpha value is -1.42. The normalized spacial score (nSPS) is 16.6. The number of benzene rings is 1. The summed E-state index contributed by atoms with van der Waals surface area (Å²) in [4.78, 5) is 0.238. The van der Waals surface area contributed by atoms with Crippen LogP contribution in [0.1, 0.15) is 18.4 Å². The van der Waals surface area contributed by atoms with E-state index in [4.69, 9.17) is 10.4 Å². The van der Waals surface area contributed by atoms with Gasteiger partial charge in [0, 0.05) is 25.1 Å². The Balaban J connectivity index is 1.85. The van der Waals surface area contributed by atoms with Crippen LogP contribution in [0.5, 0.6) is 0 Å². The Bertz CT molecular complexity index is 598. The van der Waals surface area contributed by atoms with Crippen LogP contribution in [0.2, 0.25) is 0 Å². The van der Waals surface area contributed by atoms with Gasteiger partial charge < -0.3 is 10.4 Å². The van der Waals surface area contributed by atoms with Crippen molar-refractivity contribution in [1.82, 2.24) is 5.32 Å². The summed E-state index contributed by atoms with van der Waals surface area (Å²) in [7, 11) is -3.32. The molecular weight excluding hydrogens is 276 g/mol. The first-order valence-corrected chi connectivity index (χ1v) is 8.21. The van der Waals surface area contributed by atoms with Crippen molar-refractivity contribution in [2.75, 3.05) is 25.4 Å². The molecule has 1 saturated carbocycles. The van der Waals surface area contributed by atoms with Crippen molar-refractivity contribution in [3.8, 4) is 6.07 Å². The third-order valence-corrected chi connectivity index (χ3v) is 5.41. The molecule has 0 unspecified atom stereocenters. The van der Waals surface area contributed by atoms with E-state index in [1.54, 1.807) is 0 Å². The maximum absolute atomic E-state index is 12.1. The molecular formula is C14H18N2O3S. The number of nitriles is 1. The van der Waals surface area contributed by atoms with Crippen LogP contribution in [0.4, 0.5) is 0 Å². The summed E-state index contributed by atoms with van der Waals surface area (Å²) >= 11 is 0. The summed E-state index contributed by atoms with van der Waals surface area (Å²) in [6.45, 7) is 1.18. The largest absolute Gasteiger partial charge is 0.396 e. The van der Waals surface area contributed by atoms with Crippen LogP contribution in [0.3, 0.4) is 0 Å². The molecule has 1 fully saturated rings. The molecule has 0 heterocycles. The fourth-order valence-electron chi connectivity index (χ4n) is 1.98. The first kappa shape index (κ1) is 15.0. The molecule has 2 N–H and O–H groups in total. The second-order valence-corrected chi connectivity index (χ2v) is 7.40. The van der Waals surface area contributed by atoms with E-state index < -0.39 is 9.84 Å². The van der Waals surface area contributed by atoms with E-state index in [1.807, 2.05) is 6.07 Å². The second kappa shape index (κ2) is 5.92. The van der Waals surface area contributed by atoms with Gasteiger partial charge in [-0.2, -0.15) is 5.26 Å². The van der Waals surface area contributed by atoms with Gasteiger partial charge in [-0.25, -0.2) is 8.42 Å². The van der Waals surface area contributed by atoms with Crippen LogP contribution >= 0.6 is 0 Å². The van der Waals surface area contributed by atoms with E-state index in [9.17, 15) is 8.42 Å². The molecule has 1 aromatic carbocycles. The highest BCUT2D eigenvalue weighted by Gasteiger charge is 2.41. The quantitative estimate of drug-likeness (QED) is 0.722. The van der Waals surface area contributed by atoms with Crippen molar-refractivity contribution in [2.24, 2.45) is 5.41 Å². The van der Waals surface area contributed by atoms with Crippen molar-refractivity contribution in [2.45, 2.75) is 17.7 Å². The molecule has 0 radical (unpaired) electrons. The van der Waals surface area contributed by atoms with Gasteiger partial charge in [-0.3, -0.25) is 0 Å². The molecule has 20 heavy (non-hydrogen) atoms. The van der Waals surface area contributed by atoms with Crippen LogP contribution in [0, 0.1) is 16.7 Å². The number of aliphatic hydroxyl groups excluding tert-OH is 1. The summed E-state index contributed by atoms with van der Waals surface area (Å²) in [6, 6.07) is 7.89. The first-order valence-electron chi connectivity index (χ1n) is 6.56. The van der Waals surface area contributed by atoms with Crippen LogP contribution in [0.25, 0.3) is 0 Å². The molecule has 0 aromatic heterocycles. The topological polar surface area (TPSA) is 90.2 Å². The minimum absolute atomic E-state index is 0.0143. The zero-order valence-corrected chi connectivity index (χ0v) is 12.0. The van der Waals surface area contributed by atoms with Crippen molar-refractivity contribution >= 4 is 9.84 Å². The van der Waals surface area contributed by atoms with Crippen molar-refractivity contribution < 1.29 is 13.5 Å². The minimum Gasteiger partial charge on any atom is -0.396 e. The summed E-state index contributed by atoms with van der Waals surface area (Å²) in [5.41, 5.74) is 0.429. The van der Waals surface area contributed by atoms with E-state index >= 15 is 0 Å². The number of hydrogen-bond donors (Lipinski definition) is 2. The van der Waals surface area contributed by atoms with Crippen LogP contribution < -0.4 is 5.32 Å². The van der Waals surface area contributed by atoms with Crippen LogP contribution in [-0.2, 0) is 9.84 Å². The number of nitrogens with one attached hydrogen (secondary N) is 1. The molecule has 0 saturated heterocycles. The maximum atomic E-state index is 12.1. The zero-order valence-electron chi connectivity index (χ0n) is 11.2. The molecule has 0 atom stereocenters. The van der Waals surface area contributed by atoms with Crippen molar-refractivity contribution in [1.29, 1.82) is 5.26 Å². The SMILES string of the molecule is N#Cc1ccc(S(=O)(=O)CCNCC2(CO)CC2)cc1. The van der Waals surface area contributed by atoms with Gasteiger partial charge in [-0.15, -0.1) is 0 Å². The molecule has 1 aliphatic rings. The Morgan fingerprint density at radius 2 is 1.95 bits per heavy atom. The Morgan fingerprint density at radius 3 is 2.45 bits per heavy atom. The highest BCUT2D eigenvalue weighted by atomic mass is 32.2. The van der Waals surface area contributed by atoms with Crippen molar-refractivity contribution in [3.05, 3.63) is 29.8 Å². The lowest BCUT2D eigenvalue weighted by Gasteiger charge is -2.12. The summed E-state index contributed by atoms with van der Waals surface area (Å²) < 4.78 is 24.1. The Labute approximate surface area is 119 Å². The van der Waals surface area contributed by atoms with Crippen molar-refractivity contribution in [3.63, 3.8) is 0 Å². The molecule has 5 nitrogen and oxygen atoms in total. The lowest BCUT2D eigenvalue weighted by atomic mass is 10.1. The molecule has 0 amide bonds. The first-order chi connectivity index (χ1) is 9.51. The van der Waals surface area contributed by atoms with Gasteiger partial charge in [0.25, 0.3) is 0 Å². The summed E-state index contributed by atoms with van der Waals surface area (Å²) in [5.74, 6) is 0.0143. The van der Waals surface area contributed by atoms with E-state index in [2.05, 4.69) is 5.32 Å². The molecule has 6 heteroatoms. The molecule has 1 aromatic rings. The van der Waals surface area contributed by atoms with E-state index in [-0.39, 0.29) is 22.7 Å². The van der Waals surface area contributed by atoms with Crippen LogP contribution in [0.15, 0.2) is 29.2 Å². The fraction of sp³-hybridized carbons (Fsp3) is 0.500. The van der Waals surface area contributed by atoms with E-state index in [0.29, 0.717) is 18.7 Å². The standard InChI is InChI=1S/C14H18N2O3S/c15-9-12-1-3-13(4-2-12)20(18,19)8-7-16-10-14(11-17)5-6-14/h1-4,16-17H,5-8,10-11H2. The Kier molecular flexibility index (Phi) is 4.43. The van der Waals surface area contributed by atoms with E-state index in [1.165, 1.54) is 24.3 Å². The minimum atomic E-state index is -3.32. The monoisotopic (exact) mass is 294 g/mol. The summed E-state index contributed by atoms with van der Waals surface area (Å²) in [6.07, 6.45) is 2.00. The third kappa shape index (κ3) is 3.57. The second-order valence-electron chi connectivity index (χ2n) is 5.29. The van der Waals surface area contributed by atoms with Gasteiger partial charge >= 0.3 is 0 Å². The molecule has 0 spiro atoms. The predicted molar refractivity (Wildman–Crippen MR) is 74.8 cm³/mol. The van der Waals surface area contributed by atoms with Gasteiger partial charge in [0.15, 0.2) is 9.84 Å². The zero-order chi connectivity index (χ0) is 14.6. The molecule has 1 aliphatic carbocycles. The predicted octanol–water partition coefficient (Wildman–Crippen LogP) is 0.694. The van der Waals surface area contributed by atoms with Gasteiger partial charge in [-0.05, 0) is 37.1 Å². The lowest BCUT2D eigenvalue weighted by molar-refractivity contribution is 0.208. The average Bonchev–Trinajstić information content (AvgIpc) is 3.24. The number of aliphatic hydroxyl groups is 1. The van der Waals surface area contributed by atoms with Gasteiger partial charge in [0.1, 0.15) is 0 Å². The smallest absolute Gasteiger partial charge is 0.179 e. The summed E-state index contributed by atoms with van der Waals surface area (Å²) in [5, 5.41) is 20.9. The highest BCUT2D eigenvalue weighted by molar-refractivity contribution is 7.91. The van der Waals surface area contributed by atoms with Gasteiger partial charge in [0.2, 0.25) is 0 Å². The average molecular weight is 294 g/mol. The lowest BCUT2D eigenvalue weighted by Crippen LogP contribution is -2.30. The van der Waals surface area contributed by atoms with Gasteiger partial charge in [-0.1, -0.05) is 0 Å². The molecule has 0 bridgehead atoms. The third-order valence-electron chi connectivity index (χ3n) is 3.68. The number of rotatable bonds is 7. The number of hydrogen-bond acceptors (Lipinski definition) is 5. The van der Waals surface area contributed by atoms with E-state index in [0.717, 1.165) is 12.8 Å².